The molecule has 0 spiro atoms. The third-order valence-electron chi connectivity index (χ3n) is 6.91. The van der Waals surface area contributed by atoms with Crippen molar-refractivity contribution in [1.29, 1.82) is 0 Å². The van der Waals surface area contributed by atoms with Crippen LogP contribution in [0.15, 0.2) is 78.9 Å². The van der Waals surface area contributed by atoms with E-state index >= 15 is 0 Å². The molecular weight excluding hydrogens is 442 g/mol. The summed E-state index contributed by atoms with van der Waals surface area (Å²) in [7, 11) is 4.06. The SMILES string of the molecule is CN(C)c1nc(NC2CCC(NCc3ccc(C=Cc4ccccc4)cc3)CC2)nc2ccccc12. The van der Waals surface area contributed by atoms with E-state index in [1.807, 2.05) is 32.3 Å². The molecule has 2 N–H and O–H groups in total. The van der Waals surface area contributed by atoms with Crippen molar-refractivity contribution in [1.82, 2.24) is 15.3 Å². The number of hydrogen-bond donors (Lipinski definition) is 2. The highest BCUT2D eigenvalue weighted by atomic mass is 15.2. The molecule has 1 heterocycles. The van der Waals surface area contributed by atoms with Crippen LogP contribution in [0.3, 0.4) is 0 Å². The maximum Gasteiger partial charge on any atom is 0.225 e. The molecule has 184 valence electrons. The van der Waals surface area contributed by atoms with E-state index in [0.29, 0.717) is 12.1 Å². The molecule has 5 nitrogen and oxygen atoms in total. The predicted octanol–water partition coefficient (Wildman–Crippen LogP) is 6.38. The second kappa shape index (κ2) is 11.4. The Labute approximate surface area is 214 Å². The minimum Gasteiger partial charge on any atom is -0.362 e. The van der Waals surface area contributed by atoms with E-state index in [1.165, 1.54) is 16.7 Å². The Bertz CT molecular complexity index is 1290. The lowest BCUT2D eigenvalue weighted by molar-refractivity contribution is 0.352. The molecule has 0 atom stereocenters. The zero-order chi connectivity index (χ0) is 24.7. The number of para-hydroxylation sites is 1. The smallest absolute Gasteiger partial charge is 0.225 e. The van der Waals surface area contributed by atoms with Crippen LogP contribution >= 0.6 is 0 Å². The molecule has 0 amide bonds. The number of rotatable bonds is 8. The molecule has 1 saturated carbocycles. The van der Waals surface area contributed by atoms with Gasteiger partial charge in [-0.3, -0.25) is 0 Å². The Balaban J connectivity index is 1.10. The minimum absolute atomic E-state index is 0.412. The van der Waals surface area contributed by atoms with Crippen molar-refractivity contribution < 1.29 is 0 Å². The van der Waals surface area contributed by atoms with Crippen molar-refractivity contribution in [3.63, 3.8) is 0 Å². The van der Waals surface area contributed by atoms with Gasteiger partial charge in [0.05, 0.1) is 5.52 Å². The van der Waals surface area contributed by atoms with E-state index in [1.54, 1.807) is 0 Å². The van der Waals surface area contributed by atoms with Gasteiger partial charge < -0.3 is 15.5 Å². The van der Waals surface area contributed by atoms with Gasteiger partial charge in [0.15, 0.2) is 0 Å². The van der Waals surface area contributed by atoms with Crippen molar-refractivity contribution in [2.24, 2.45) is 0 Å². The lowest BCUT2D eigenvalue weighted by atomic mass is 9.91. The monoisotopic (exact) mass is 477 g/mol. The van der Waals surface area contributed by atoms with Crippen molar-refractivity contribution in [2.45, 2.75) is 44.3 Å². The molecule has 1 aliphatic carbocycles. The highest BCUT2D eigenvalue weighted by Crippen LogP contribution is 2.26. The van der Waals surface area contributed by atoms with Crippen LogP contribution in [-0.2, 0) is 6.54 Å². The summed E-state index contributed by atoms with van der Waals surface area (Å²) in [6.07, 6.45) is 8.88. The lowest BCUT2D eigenvalue weighted by Gasteiger charge is -2.30. The Kier molecular flexibility index (Phi) is 7.58. The van der Waals surface area contributed by atoms with E-state index in [-0.39, 0.29) is 0 Å². The maximum atomic E-state index is 4.81. The lowest BCUT2D eigenvalue weighted by Crippen LogP contribution is -2.37. The fourth-order valence-corrected chi connectivity index (χ4v) is 4.86. The Morgan fingerprint density at radius 1 is 0.750 bits per heavy atom. The van der Waals surface area contributed by atoms with Crippen molar-refractivity contribution in [3.8, 4) is 0 Å². The van der Waals surface area contributed by atoms with E-state index < -0.39 is 0 Å². The van der Waals surface area contributed by atoms with Crippen LogP contribution in [0.1, 0.15) is 42.4 Å². The van der Waals surface area contributed by atoms with Crippen LogP contribution in [-0.4, -0.2) is 36.1 Å². The van der Waals surface area contributed by atoms with Crippen LogP contribution in [0.25, 0.3) is 23.1 Å². The van der Waals surface area contributed by atoms with Crippen molar-refractivity contribution in [2.75, 3.05) is 24.3 Å². The van der Waals surface area contributed by atoms with Gasteiger partial charge in [-0.15, -0.1) is 0 Å². The molecule has 1 aliphatic rings. The third kappa shape index (κ3) is 6.10. The fraction of sp³-hybridized carbons (Fsp3) is 0.290. The first-order valence-corrected chi connectivity index (χ1v) is 12.9. The van der Waals surface area contributed by atoms with Gasteiger partial charge in [0.1, 0.15) is 5.82 Å². The molecule has 0 radical (unpaired) electrons. The van der Waals surface area contributed by atoms with Crippen LogP contribution in [0.2, 0.25) is 0 Å². The van der Waals surface area contributed by atoms with Crippen molar-refractivity contribution >= 4 is 34.8 Å². The topological polar surface area (TPSA) is 53.1 Å². The van der Waals surface area contributed by atoms with E-state index in [4.69, 9.17) is 9.97 Å². The summed E-state index contributed by atoms with van der Waals surface area (Å²) in [4.78, 5) is 11.6. The van der Waals surface area contributed by atoms with Crippen LogP contribution in [0.5, 0.6) is 0 Å². The summed E-state index contributed by atoms with van der Waals surface area (Å²) in [5.74, 6) is 1.69. The molecule has 0 aliphatic heterocycles. The summed E-state index contributed by atoms with van der Waals surface area (Å²) >= 11 is 0. The summed E-state index contributed by atoms with van der Waals surface area (Å²) in [6.45, 7) is 0.908. The van der Waals surface area contributed by atoms with E-state index in [2.05, 4.69) is 88.3 Å². The first-order chi connectivity index (χ1) is 17.6. The molecule has 0 saturated heterocycles. The highest BCUT2D eigenvalue weighted by molar-refractivity contribution is 5.90. The summed E-state index contributed by atoms with van der Waals surface area (Å²) in [5, 5.41) is 8.46. The predicted molar refractivity (Wildman–Crippen MR) is 152 cm³/mol. The zero-order valence-electron chi connectivity index (χ0n) is 21.2. The Morgan fingerprint density at radius 2 is 1.39 bits per heavy atom. The molecule has 1 fully saturated rings. The molecular formula is C31H35N5. The molecule has 36 heavy (non-hydrogen) atoms. The van der Waals surface area contributed by atoms with Gasteiger partial charge in [-0.2, -0.15) is 4.98 Å². The molecule has 5 rings (SSSR count). The zero-order valence-corrected chi connectivity index (χ0v) is 21.2. The first-order valence-electron chi connectivity index (χ1n) is 12.9. The number of nitrogens with one attached hydrogen (secondary N) is 2. The highest BCUT2D eigenvalue weighted by Gasteiger charge is 2.22. The average Bonchev–Trinajstić information content (AvgIpc) is 2.92. The maximum absolute atomic E-state index is 4.81. The largest absolute Gasteiger partial charge is 0.362 e. The van der Waals surface area contributed by atoms with E-state index in [0.717, 1.165) is 54.9 Å². The molecule has 5 heteroatoms. The van der Waals surface area contributed by atoms with E-state index in [9.17, 15) is 0 Å². The van der Waals surface area contributed by atoms with Gasteiger partial charge in [-0.25, -0.2) is 4.98 Å². The Hall–Kier alpha value is -3.70. The van der Waals surface area contributed by atoms with Gasteiger partial charge >= 0.3 is 0 Å². The van der Waals surface area contributed by atoms with Crippen LogP contribution < -0.4 is 15.5 Å². The number of anilines is 2. The first kappa shape index (κ1) is 24.0. The second-order valence-electron chi connectivity index (χ2n) is 9.84. The van der Waals surface area contributed by atoms with Crippen LogP contribution in [0, 0.1) is 0 Å². The quantitative estimate of drug-likeness (QED) is 0.289. The van der Waals surface area contributed by atoms with Gasteiger partial charge in [0.25, 0.3) is 0 Å². The molecule has 0 unspecified atom stereocenters. The molecule has 1 aromatic heterocycles. The summed E-state index contributed by atoms with van der Waals surface area (Å²) in [6, 6.07) is 28.4. The van der Waals surface area contributed by atoms with Crippen LogP contribution in [0.4, 0.5) is 11.8 Å². The second-order valence-corrected chi connectivity index (χ2v) is 9.84. The van der Waals surface area contributed by atoms with Gasteiger partial charge in [-0.1, -0.05) is 78.9 Å². The standard InChI is InChI=1S/C31H35N5/c1-36(2)30-28-10-6-7-11-29(28)34-31(35-30)33-27-20-18-26(19-21-27)32-22-25-16-14-24(15-17-25)13-12-23-8-4-3-5-9-23/h3-17,26-27,32H,18-22H2,1-2H3,(H,33,34,35). The Morgan fingerprint density at radius 3 is 2.11 bits per heavy atom. The molecule has 0 bridgehead atoms. The minimum atomic E-state index is 0.412. The average molecular weight is 478 g/mol. The fourth-order valence-electron chi connectivity index (χ4n) is 4.86. The third-order valence-corrected chi connectivity index (χ3v) is 6.91. The molecule has 3 aromatic carbocycles. The van der Waals surface area contributed by atoms with Gasteiger partial charge in [0.2, 0.25) is 5.95 Å². The number of aromatic nitrogens is 2. The number of fused-ring (bicyclic) bond motifs is 1. The number of hydrogen-bond acceptors (Lipinski definition) is 5. The van der Waals surface area contributed by atoms with Crippen molar-refractivity contribution in [3.05, 3.63) is 95.6 Å². The molecule has 4 aromatic rings. The number of nitrogens with zero attached hydrogens (tertiary/aromatic N) is 3. The normalized spacial score (nSPS) is 17.9. The summed E-state index contributed by atoms with van der Waals surface area (Å²) < 4.78 is 0. The van der Waals surface area contributed by atoms with Gasteiger partial charge in [-0.05, 0) is 54.5 Å². The summed E-state index contributed by atoms with van der Waals surface area (Å²) in [5.41, 5.74) is 4.75. The number of benzene rings is 3. The van der Waals surface area contributed by atoms with Gasteiger partial charge in [0, 0.05) is 38.1 Å².